The average Bonchev–Trinajstić information content (AvgIpc) is 2.78. The van der Waals surface area contributed by atoms with Crippen LogP contribution in [0.1, 0.15) is 5.69 Å². The van der Waals surface area contributed by atoms with E-state index in [2.05, 4.69) is 77.8 Å². The number of rotatable bonds is 4. The molecule has 0 saturated carbocycles. The number of fused-ring (bicyclic) bond motifs is 2. The number of aromatic nitrogens is 1. The van der Waals surface area contributed by atoms with E-state index in [0.717, 1.165) is 22.3 Å². The fourth-order valence-electron chi connectivity index (χ4n) is 3.59. The standard InChI is InChI=1S/C16H11.C10H9NO.Al/c1-2-6-13(7-3-1)16-11-10-14-8-4-5-9-15(14)12-16;1-7-5-6-8-3-2-4-9(12)10(8)11-7;/h1-3,5-12H;2-6,12H,1H3;/q;;+1/p-1. The van der Waals surface area contributed by atoms with Gasteiger partial charge in [0.25, 0.3) is 0 Å². The second kappa shape index (κ2) is 7.72. The molecule has 137 valence electrons. The van der Waals surface area contributed by atoms with Crippen LogP contribution < -0.4 is 8.21 Å². The molecule has 0 amide bonds. The minimum atomic E-state index is -0.332. The zero-order valence-corrected chi connectivity index (χ0v) is 17.3. The molecule has 2 nitrogen and oxygen atoms in total. The molecule has 1 heterocycles. The SMILES string of the molecule is Cc1ccc2cccc([O][Al][c]3ccc4cc(-c5ccccc5)ccc4c3)c2n1. The van der Waals surface area contributed by atoms with Gasteiger partial charge in [-0.15, -0.1) is 0 Å². The van der Waals surface area contributed by atoms with Gasteiger partial charge in [-0.3, -0.25) is 0 Å². The Morgan fingerprint density at radius 1 is 0.655 bits per heavy atom. The summed E-state index contributed by atoms with van der Waals surface area (Å²) in [6.07, 6.45) is 0. The molecule has 0 aliphatic heterocycles. The van der Waals surface area contributed by atoms with Crippen LogP contribution in [-0.4, -0.2) is 20.5 Å². The summed E-state index contributed by atoms with van der Waals surface area (Å²) in [6.45, 7) is 2.01. The summed E-state index contributed by atoms with van der Waals surface area (Å²) < 4.78 is 7.45. The third-order valence-electron chi connectivity index (χ3n) is 5.12. The number of aryl methyl sites for hydroxylation is 1. The Balaban J connectivity index is 1.41. The smallest absolute Gasteiger partial charge is 0.570 e. The van der Waals surface area contributed by atoms with Crippen molar-refractivity contribution in [1.82, 2.24) is 4.98 Å². The summed E-state index contributed by atoms with van der Waals surface area (Å²) in [7, 11) is 0. The molecule has 5 aromatic rings. The molecule has 0 N–H and O–H groups in total. The highest BCUT2D eigenvalue weighted by Crippen LogP contribution is 2.25. The first-order valence-electron chi connectivity index (χ1n) is 9.72. The van der Waals surface area contributed by atoms with Crippen molar-refractivity contribution >= 4 is 41.7 Å². The van der Waals surface area contributed by atoms with E-state index in [1.165, 1.54) is 26.3 Å². The van der Waals surface area contributed by atoms with E-state index in [0.29, 0.717) is 0 Å². The zero-order chi connectivity index (χ0) is 19.6. The third kappa shape index (κ3) is 3.76. The van der Waals surface area contributed by atoms with Crippen LogP contribution in [0.3, 0.4) is 0 Å². The highest BCUT2D eigenvalue weighted by molar-refractivity contribution is 6.48. The van der Waals surface area contributed by atoms with Gasteiger partial charge >= 0.3 is 15.6 Å². The lowest BCUT2D eigenvalue weighted by Gasteiger charge is -2.11. The molecular formula is C26H19AlNO. The van der Waals surface area contributed by atoms with Crippen LogP contribution in [0.2, 0.25) is 0 Å². The molecule has 4 aromatic carbocycles. The molecule has 0 fully saturated rings. The van der Waals surface area contributed by atoms with E-state index >= 15 is 0 Å². The summed E-state index contributed by atoms with van der Waals surface area (Å²) in [5, 5.41) is 3.60. The first-order valence-corrected chi connectivity index (χ1v) is 10.8. The van der Waals surface area contributed by atoms with Gasteiger partial charge in [0.1, 0.15) is 11.3 Å². The van der Waals surface area contributed by atoms with E-state index < -0.39 is 0 Å². The van der Waals surface area contributed by atoms with Crippen molar-refractivity contribution < 1.29 is 3.79 Å². The maximum Gasteiger partial charge on any atom is 0.570 e. The van der Waals surface area contributed by atoms with Crippen molar-refractivity contribution in [3.8, 4) is 16.9 Å². The molecule has 1 aromatic heterocycles. The van der Waals surface area contributed by atoms with Gasteiger partial charge in [0.05, 0.1) is 0 Å². The topological polar surface area (TPSA) is 22.1 Å². The van der Waals surface area contributed by atoms with Crippen LogP contribution in [0.5, 0.6) is 5.75 Å². The summed E-state index contributed by atoms with van der Waals surface area (Å²) in [5.41, 5.74) is 4.43. The second-order valence-corrected chi connectivity index (χ2v) is 8.34. The number of benzene rings is 4. The normalized spacial score (nSPS) is 10.9. The predicted molar refractivity (Wildman–Crippen MR) is 122 cm³/mol. The Kier molecular flexibility index (Phi) is 4.78. The quantitative estimate of drug-likeness (QED) is 0.369. The lowest BCUT2D eigenvalue weighted by molar-refractivity contribution is 0.610. The summed E-state index contributed by atoms with van der Waals surface area (Å²) >= 11 is -0.332. The van der Waals surface area contributed by atoms with Crippen molar-refractivity contribution in [1.29, 1.82) is 0 Å². The summed E-state index contributed by atoms with van der Waals surface area (Å²) in [6, 6.07) is 34.0. The Morgan fingerprint density at radius 2 is 1.45 bits per heavy atom. The fourth-order valence-corrected chi connectivity index (χ4v) is 4.47. The maximum atomic E-state index is 6.22. The zero-order valence-electron chi connectivity index (χ0n) is 16.2. The van der Waals surface area contributed by atoms with Crippen molar-refractivity contribution in [2.24, 2.45) is 0 Å². The molecule has 0 unspecified atom stereocenters. The Labute approximate surface area is 176 Å². The summed E-state index contributed by atoms with van der Waals surface area (Å²) in [5.74, 6) is 0.862. The molecule has 0 spiro atoms. The largest absolute Gasteiger partial charge is 0.643 e. The van der Waals surface area contributed by atoms with E-state index in [-0.39, 0.29) is 15.6 Å². The van der Waals surface area contributed by atoms with Gasteiger partial charge in [-0.05, 0) is 47.0 Å². The number of para-hydroxylation sites is 1. The van der Waals surface area contributed by atoms with E-state index in [4.69, 9.17) is 3.79 Å². The minimum absolute atomic E-state index is 0.332. The van der Waals surface area contributed by atoms with Gasteiger partial charge in [-0.25, -0.2) is 4.98 Å². The monoisotopic (exact) mass is 388 g/mol. The lowest BCUT2D eigenvalue weighted by Crippen LogP contribution is -2.20. The van der Waals surface area contributed by atoms with Gasteiger partial charge in [-0.2, -0.15) is 0 Å². The van der Waals surface area contributed by atoms with Gasteiger partial charge in [0, 0.05) is 11.1 Å². The first-order chi connectivity index (χ1) is 14.3. The fraction of sp³-hybridized carbons (Fsp3) is 0.0385. The van der Waals surface area contributed by atoms with Crippen LogP contribution in [0.4, 0.5) is 0 Å². The lowest BCUT2D eigenvalue weighted by atomic mass is 10.0. The van der Waals surface area contributed by atoms with Crippen molar-refractivity contribution in [2.75, 3.05) is 0 Å². The Morgan fingerprint density at radius 3 is 2.34 bits per heavy atom. The van der Waals surface area contributed by atoms with Crippen LogP contribution in [-0.2, 0) is 0 Å². The minimum Gasteiger partial charge on any atom is -0.643 e. The molecule has 0 aliphatic rings. The summed E-state index contributed by atoms with van der Waals surface area (Å²) in [4.78, 5) is 4.66. The molecule has 0 bridgehead atoms. The van der Waals surface area contributed by atoms with Crippen molar-refractivity contribution in [3.05, 3.63) is 103 Å². The molecular weight excluding hydrogens is 369 g/mol. The number of pyridine rings is 1. The van der Waals surface area contributed by atoms with Gasteiger partial charge in [0.15, 0.2) is 0 Å². The van der Waals surface area contributed by atoms with Crippen LogP contribution >= 0.6 is 0 Å². The van der Waals surface area contributed by atoms with Gasteiger partial charge in [-0.1, -0.05) is 83.3 Å². The van der Waals surface area contributed by atoms with Gasteiger partial charge in [0.2, 0.25) is 0 Å². The molecule has 29 heavy (non-hydrogen) atoms. The molecule has 3 heteroatoms. The number of hydrogen-bond donors (Lipinski definition) is 0. The van der Waals surface area contributed by atoms with Gasteiger partial charge < -0.3 is 3.79 Å². The Hall–Kier alpha value is -3.12. The van der Waals surface area contributed by atoms with E-state index in [9.17, 15) is 0 Å². The van der Waals surface area contributed by atoms with E-state index in [1.54, 1.807) is 0 Å². The number of nitrogens with zero attached hydrogens (tertiary/aromatic N) is 1. The van der Waals surface area contributed by atoms with Crippen LogP contribution in [0.15, 0.2) is 97.1 Å². The van der Waals surface area contributed by atoms with Crippen molar-refractivity contribution in [3.63, 3.8) is 0 Å². The number of hydrogen-bond acceptors (Lipinski definition) is 2. The highest BCUT2D eigenvalue weighted by atomic mass is 27.1. The predicted octanol–water partition coefficient (Wildman–Crippen LogP) is 5.69. The van der Waals surface area contributed by atoms with Crippen molar-refractivity contribution in [2.45, 2.75) is 6.92 Å². The third-order valence-corrected chi connectivity index (χ3v) is 6.12. The molecule has 0 atom stereocenters. The van der Waals surface area contributed by atoms with Crippen LogP contribution in [0.25, 0.3) is 32.8 Å². The second-order valence-electron chi connectivity index (χ2n) is 7.20. The van der Waals surface area contributed by atoms with Crippen LogP contribution in [0, 0.1) is 6.92 Å². The molecule has 0 aliphatic carbocycles. The molecule has 1 radical (unpaired) electrons. The average molecular weight is 388 g/mol. The van der Waals surface area contributed by atoms with E-state index in [1.807, 2.05) is 31.2 Å². The molecule has 0 saturated heterocycles. The Bertz CT molecular complexity index is 1310. The highest BCUT2D eigenvalue weighted by Gasteiger charge is 2.08. The maximum absolute atomic E-state index is 6.22. The first kappa shape index (κ1) is 17.9. The molecule has 5 rings (SSSR count).